The van der Waals surface area contributed by atoms with E-state index in [0.717, 1.165) is 24.3 Å². The fourth-order valence-electron chi connectivity index (χ4n) is 1.92. The number of halogens is 2. The van der Waals surface area contributed by atoms with Crippen LogP contribution in [0.4, 0.5) is 8.78 Å². The van der Waals surface area contributed by atoms with E-state index in [1.165, 1.54) is 24.3 Å². The van der Waals surface area contributed by atoms with Gasteiger partial charge in [-0.05, 0) is 60.7 Å². The molecule has 0 heterocycles. The molecule has 0 spiro atoms. The minimum absolute atomic E-state index is 0.0998. The van der Waals surface area contributed by atoms with Gasteiger partial charge in [-0.1, -0.05) is 18.2 Å². The highest BCUT2D eigenvalue weighted by molar-refractivity contribution is 7.49. The van der Waals surface area contributed by atoms with Gasteiger partial charge in [-0.3, -0.25) is 0 Å². The molecule has 3 aromatic carbocycles. The van der Waals surface area contributed by atoms with Gasteiger partial charge >= 0.3 is 7.82 Å². The molecule has 0 N–H and O–H groups in total. The zero-order valence-electron chi connectivity index (χ0n) is 12.8. The van der Waals surface area contributed by atoms with Gasteiger partial charge in [-0.15, -0.1) is 0 Å². The summed E-state index contributed by atoms with van der Waals surface area (Å²) in [6, 6.07) is 18.1. The molecule has 3 aromatic rings. The van der Waals surface area contributed by atoms with E-state index in [-0.39, 0.29) is 17.2 Å². The first-order valence-corrected chi connectivity index (χ1v) is 8.73. The lowest BCUT2D eigenvalue weighted by Gasteiger charge is -2.19. The number of phosphoric ester groups is 1. The summed E-state index contributed by atoms with van der Waals surface area (Å²) in [5, 5.41) is 0. The van der Waals surface area contributed by atoms with E-state index in [9.17, 15) is 13.3 Å². The van der Waals surface area contributed by atoms with Crippen molar-refractivity contribution in [2.24, 2.45) is 0 Å². The van der Waals surface area contributed by atoms with Crippen molar-refractivity contribution >= 4 is 7.82 Å². The summed E-state index contributed by atoms with van der Waals surface area (Å²) in [5.74, 6) is -0.475. The second-order valence-corrected chi connectivity index (χ2v) is 6.38. The normalized spacial score (nSPS) is 11.0. The van der Waals surface area contributed by atoms with E-state index in [1.807, 2.05) is 0 Å². The van der Waals surface area contributed by atoms with Gasteiger partial charge in [0, 0.05) is 0 Å². The summed E-state index contributed by atoms with van der Waals surface area (Å²) in [4.78, 5) is 0. The monoisotopic (exact) mass is 362 g/mol. The van der Waals surface area contributed by atoms with Crippen LogP contribution < -0.4 is 13.6 Å². The molecule has 25 heavy (non-hydrogen) atoms. The van der Waals surface area contributed by atoms with Crippen LogP contribution in [0, 0.1) is 11.6 Å². The summed E-state index contributed by atoms with van der Waals surface area (Å²) < 4.78 is 55.2. The molecule has 0 unspecified atom stereocenters. The van der Waals surface area contributed by atoms with Crippen molar-refractivity contribution < 1.29 is 26.9 Å². The van der Waals surface area contributed by atoms with Crippen LogP contribution >= 0.6 is 7.82 Å². The number of benzene rings is 3. The molecule has 0 bridgehead atoms. The third-order valence-corrected chi connectivity index (χ3v) is 4.33. The van der Waals surface area contributed by atoms with Crippen molar-refractivity contribution in [3.8, 4) is 17.2 Å². The van der Waals surface area contributed by atoms with Crippen LogP contribution in [0.15, 0.2) is 78.9 Å². The Labute approximate surface area is 143 Å². The van der Waals surface area contributed by atoms with Crippen molar-refractivity contribution in [2.75, 3.05) is 0 Å². The van der Waals surface area contributed by atoms with Crippen molar-refractivity contribution in [2.45, 2.75) is 0 Å². The molecule has 7 heteroatoms. The Morgan fingerprint density at radius 2 is 0.920 bits per heavy atom. The lowest BCUT2D eigenvalue weighted by Crippen LogP contribution is -2.07. The van der Waals surface area contributed by atoms with Gasteiger partial charge in [0.05, 0.1) is 0 Å². The highest BCUT2D eigenvalue weighted by Crippen LogP contribution is 2.49. The first-order valence-electron chi connectivity index (χ1n) is 7.27. The number of para-hydroxylation sites is 1. The molecule has 0 saturated heterocycles. The van der Waals surface area contributed by atoms with Crippen LogP contribution in [-0.2, 0) is 4.57 Å². The maximum absolute atomic E-state index is 13.0. The minimum atomic E-state index is -4.16. The van der Waals surface area contributed by atoms with Crippen LogP contribution in [0.3, 0.4) is 0 Å². The Bertz CT molecular complexity index is 816. The molecule has 0 fully saturated rings. The van der Waals surface area contributed by atoms with Gasteiger partial charge in [0.2, 0.25) is 0 Å². The molecule has 4 nitrogen and oxygen atoms in total. The third-order valence-electron chi connectivity index (χ3n) is 3.02. The smallest absolute Gasteiger partial charge is 0.386 e. The Morgan fingerprint density at radius 1 is 0.560 bits per heavy atom. The fourth-order valence-corrected chi connectivity index (χ4v) is 3.17. The van der Waals surface area contributed by atoms with Crippen LogP contribution in [0.2, 0.25) is 0 Å². The van der Waals surface area contributed by atoms with Crippen molar-refractivity contribution in [1.82, 2.24) is 0 Å². The quantitative estimate of drug-likeness (QED) is 0.535. The Kier molecular flexibility index (Phi) is 5.00. The highest BCUT2D eigenvalue weighted by atomic mass is 31.2. The van der Waals surface area contributed by atoms with Gasteiger partial charge < -0.3 is 13.6 Å². The molecule has 0 amide bonds. The van der Waals surface area contributed by atoms with E-state index < -0.39 is 19.5 Å². The Balaban J connectivity index is 1.87. The molecule has 0 aromatic heterocycles. The molecule has 128 valence electrons. The van der Waals surface area contributed by atoms with Crippen molar-refractivity contribution in [1.29, 1.82) is 0 Å². The van der Waals surface area contributed by atoms with Gasteiger partial charge in [-0.2, -0.15) is 4.57 Å². The van der Waals surface area contributed by atoms with Crippen LogP contribution in [0.25, 0.3) is 0 Å². The zero-order chi connectivity index (χ0) is 17.7. The summed E-state index contributed by atoms with van der Waals surface area (Å²) in [6.07, 6.45) is 0. The first kappa shape index (κ1) is 17.0. The average Bonchev–Trinajstić information content (AvgIpc) is 2.60. The largest absolute Gasteiger partial charge is 0.647 e. The Hall–Kier alpha value is -2.85. The standard InChI is InChI=1S/C18H13F2O4P/c19-14-6-10-17(11-7-14)23-25(21,22-16-4-2-1-3-5-16)24-18-12-8-15(20)9-13-18/h1-13H. The van der Waals surface area contributed by atoms with Crippen molar-refractivity contribution in [3.63, 3.8) is 0 Å². The second kappa shape index (κ2) is 7.36. The fraction of sp³-hybridized carbons (Fsp3) is 0. The molecule has 0 saturated carbocycles. The van der Waals surface area contributed by atoms with Gasteiger partial charge in [0.15, 0.2) is 0 Å². The van der Waals surface area contributed by atoms with E-state index >= 15 is 0 Å². The first-order chi connectivity index (χ1) is 12.0. The van der Waals surface area contributed by atoms with Gasteiger partial charge in [0.25, 0.3) is 0 Å². The summed E-state index contributed by atoms with van der Waals surface area (Å²) in [5.41, 5.74) is 0. The molecule has 0 atom stereocenters. The molecule has 0 aliphatic carbocycles. The van der Waals surface area contributed by atoms with Crippen LogP contribution in [0.5, 0.6) is 17.2 Å². The lowest BCUT2D eigenvalue weighted by atomic mass is 10.3. The van der Waals surface area contributed by atoms with E-state index in [2.05, 4.69) is 0 Å². The third kappa shape index (κ3) is 4.81. The maximum Gasteiger partial charge on any atom is 0.647 e. The van der Waals surface area contributed by atoms with E-state index in [0.29, 0.717) is 0 Å². The average molecular weight is 362 g/mol. The predicted octanol–water partition coefficient (Wildman–Crippen LogP) is 5.61. The second-order valence-electron chi connectivity index (χ2n) is 4.94. The maximum atomic E-state index is 13.0. The zero-order valence-corrected chi connectivity index (χ0v) is 13.7. The summed E-state index contributed by atoms with van der Waals surface area (Å²) in [7, 11) is -4.16. The number of rotatable bonds is 6. The minimum Gasteiger partial charge on any atom is -0.386 e. The highest BCUT2D eigenvalue weighted by Gasteiger charge is 2.33. The van der Waals surface area contributed by atoms with Crippen LogP contribution in [-0.4, -0.2) is 0 Å². The van der Waals surface area contributed by atoms with E-state index in [1.54, 1.807) is 30.3 Å². The molecular weight excluding hydrogens is 349 g/mol. The molecule has 3 rings (SSSR count). The van der Waals surface area contributed by atoms with Crippen LogP contribution in [0.1, 0.15) is 0 Å². The van der Waals surface area contributed by atoms with Crippen molar-refractivity contribution in [3.05, 3.63) is 90.5 Å². The van der Waals surface area contributed by atoms with Gasteiger partial charge in [0.1, 0.15) is 28.9 Å². The molecule has 0 aliphatic heterocycles. The molecule has 0 radical (unpaired) electrons. The SMILES string of the molecule is O=P(Oc1ccccc1)(Oc1ccc(F)cc1)Oc1ccc(F)cc1. The topological polar surface area (TPSA) is 44.8 Å². The Morgan fingerprint density at radius 3 is 1.32 bits per heavy atom. The van der Waals surface area contributed by atoms with E-state index in [4.69, 9.17) is 13.6 Å². The molecular formula is C18H13F2O4P. The molecule has 0 aliphatic rings. The van der Waals surface area contributed by atoms with Gasteiger partial charge in [-0.25, -0.2) is 8.78 Å². The summed E-state index contributed by atoms with van der Waals surface area (Å²) >= 11 is 0. The number of hydrogen-bond acceptors (Lipinski definition) is 4. The number of phosphoric acid groups is 1. The summed E-state index contributed by atoms with van der Waals surface area (Å²) in [6.45, 7) is 0. The predicted molar refractivity (Wildman–Crippen MR) is 88.7 cm³/mol. The lowest BCUT2D eigenvalue weighted by molar-refractivity contribution is 0.298. The number of hydrogen-bond donors (Lipinski definition) is 0.